The van der Waals surface area contributed by atoms with Crippen molar-refractivity contribution in [1.29, 1.82) is 0 Å². The third-order valence-electron chi connectivity index (χ3n) is 3.86. The van der Waals surface area contributed by atoms with Crippen molar-refractivity contribution in [1.82, 2.24) is 10.2 Å². The smallest absolute Gasteiger partial charge is 0.119 e. The topological polar surface area (TPSA) is 24.5 Å². The first-order valence-electron chi connectivity index (χ1n) is 7.50. The van der Waals surface area contributed by atoms with Gasteiger partial charge in [0.25, 0.3) is 0 Å². The van der Waals surface area contributed by atoms with Gasteiger partial charge in [-0.15, -0.1) is 0 Å². The second-order valence-electron chi connectivity index (χ2n) is 6.24. The number of ether oxygens (including phenoxy) is 1. The molecule has 0 saturated carbocycles. The summed E-state index contributed by atoms with van der Waals surface area (Å²) in [6.45, 7) is 10.5. The van der Waals surface area contributed by atoms with Crippen LogP contribution >= 0.6 is 0 Å². The van der Waals surface area contributed by atoms with Crippen LogP contribution in [0.4, 0.5) is 0 Å². The summed E-state index contributed by atoms with van der Waals surface area (Å²) in [4.78, 5) is 2.18. The van der Waals surface area contributed by atoms with Crippen molar-refractivity contribution >= 4 is 0 Å². The van der Waals surface area contributed by atoms with Gasteiger partial charge in [-0.25, -0.2) is 0 Å². The van der Waals surface area contributed by atoms with Gasteiger partial charge in [0, 0.05) is 11.6 Å². The Balaban J connectivity index is 2.64. The highest BCUT2D eigenvalue weighted by atomic mass is 16.5. The van der Waals surface area contributed by atoms with E-state index in [0.29, 0.717) is 12.6 Å². The molecule has 3 heteroatoms. The Morgan fingerprint density at radius 1 is 1.30 bits per heavy atom. The number of nitrogens with one attached hydrogen (secondary N) is 1. The monoisotopic (exact) mass is 278 g/mol. The Bertz CT molecular complexity index is 402. The lowest BCUT2D eigenvalue weighted by atomic mass is 10.1. The lowest BCUT2D eigenvalue weighted by molar-refractivity contribution is 0.114. The SMILES string of the molecule is CCCNC(C)c1cccc(OCC(C)(C)N(C)C)c1. The number of benzene rings is 1. The molecule has 3 nitrogen and oxygen atoms in total. The molecule has 0 spiro atoms. The van der Waals surface area contributed by atoms with E-state index in [0.717, 1.165) is 18.7 Å². The first-order chi connectivity index (χ1) is 9.36. The van der Waals surface area contributed by atoms with Gasteiger partial charge in [-0.05, 0) is 65.5 Å². The zero-order valence-corrected chi connectivity index (χ0v) is 13.9. The number of nitrogens with zero attached hydrogens (tertiary/aromatic N) is 1. The Labute approximate surface area is 124 Å². The highest BCUT2D eigenvalue weighted by molar-refractivity contribution is 5.30. The van der Waals surface area contributed by atoms with E-state index in [9.17, 15) is 0 Å². The average Bonchev–Trinajstić information content (AvgIpc) is 2.42. The highest BCUT2D eigenvalue weighted by Gasteiger charge is 2.21. The van der Waals surface area contributed by atoms with E-state index in [-0.39, 0.29) is 5.54 Å². The molecule has 1 unspecified atom stereocenters. The summed E-state index contributed by atoms with van der Waals surface area (Å²) in [5, 5.41) is 3.50. The van der Waals surface area contributed by atoms with Gasteiger partial charge < -0.3 is 15.0 Å². The van der Waals surface area contributed by atoms with E-state index in [1.54, 1.807) is 0 Å². The van der Waals surface area contributed by atoms with E-state index < -0.39 is 0 Å². The maximum Gasteiger partial charge on any atom is 0.119 e. The van der Waals surface area contributed by atoms with Crippen molar-refractivity contribution in [3.05, 3.63) is 29.8 Å². The zero-order valence-electron chi connectivity index (χ0n) is 13.9. The maximum atomic E-state index is 5.96. The van der Waals surface area contributed by atoms with Crippen LogP contribution in [0.1, 0.15) is 45.7 Å². The minimum atomic E-state index is 0.0298. The molecule has 0 heterocycles. The minimum Gasteiger partial charge on any atom is -0.492 e. The van der Waals surface area contributed by atoms with Crippen LogP contribution in [0, 0.1) is 0 Å². The lowest BCUT2D eigenvalue weighted by Gasteiger charge is -2.32. The van der Waals surface area contributed by atoms with Crippen LogP contribution in [0.5, 0.6) is 5.75 Å². The van der Waals surface area contributed by atoms with Crippen molar-refractivity contribution in [3.63, 3.8) is 0 Å². The molecule has 20 heavy (non-hydrogen) atoms. The van der Waals surface area contributed by atoms with Gasteiger partial charge >= 0.3 is 0 Å². The summed E-state index contributed by atoms with van der Waals surface area (Å²) >= 11 is 0. The highest BCUT2D eigenvalue weighted by Crippen LogP contribution is 2.21. The molecule has 0 fully saturated rings. The number of hydrogen-bond donors (Lipinski definition) is 1. The molecule has 0 radical (unpaired) electrons. The first kappa shape index (κ1) is 17.0. The normalized spacial score (nSPS) is 13.6. The first-order valence-corrected chi connectivity index (χ1v) is 7.50. The molecule has 0 amide bonds. The minimum absolute atomic E-state index is 0.0298. The van der Waals surface area contributed by atoms with Gasteiger partial charge in [-0.2, -0.15) is 0 Å². The Morgan fingerprint density at radius 3 is 2.60 bits per heavy atom. The molecule has 1 aromatic carbocycles. The van der Waals surface area contributed by atoms with Crippen LogP contribution in [0.25, 0.3) is 0 Å². The Hall–Kier alpha value is -1.06. The van der Waals surface area contributed by atoms with Crippen molar-refractivity contribution in [2.75, 3.05) is 27.2 Å². The second-order valence-corrected chi connectivity index (χ2v) is 6.24. The summed E-state index contributed by atoms with van der Waals surface area (Å²) in [5.74, 6) is 0.947. The predicted molar refractivity (Wildman–Crippen MR) is 86.4 cm³/mol. The van der Waals surface area contributed by atoms with Crippen molar-refractivity contribution in [2.45, 2.75) is 45.7 Å². The zero-order chi connectivity index (χ0) is 15.2. The molecule has 0 aliphatic carbocycles. The maximum absolute atomic E-state index is 5.96. The molecule has 0 saturated heterocycles. The summed E-state index contributed by atoms with van der Waals surface area (Å²) in [7, 11) is 4.16. The lowest BCUT2D eigenvalue weighted by Crippen LogP contribution is -2.43. The van der Waals surface area contributed by atoms with Gasteiger partial charge in [-0.1, -0.05) is 19.1 Å². The fourth-order valence-electron chi connectivity index (χ4n) is 1.74. The van der Waals surface area contributed by atoms with Gasteiger partial charge in [0.05, 0.1) is 0 Å². The molecule has 1 aromatic rings. The van der Waals surface area contributed by atoms with Crippen LogP contribution < -0.4 is 10.1 Å². The molecular weight excluding hydrogens is 248 g/mol. The number of hydrogen-bond acceptors (Lipinski definition) is 3. The average molecular weight is 278 g/mol. The third kappa shape index (κ3) is 5.14. The van der Waals surface area contributed by atoms with Crippen LogP contribution in [0.3, 0.4) is 0 Å². The molecule has 1 N–H and O–H groups in total. The molecule has 0 aliphatic rings. The predicted octanol–water partition coefficient (Wildman–Crippen LogP) is 3.47. The third-order valence-corrected chi connectivity index (χ3v) is 3.86. The van der Waals surface area contributed by atoms with Gasteiger partial charge in [-0.3, -0.25) is 0 Å². The molecule has 1 atom stereocenters. The molecule has 114 valence electrons. The summed E-state index contributed by atoms with van der Waals surface area (Å²) < 4.78 is 5.96. The van der Waals surface area contributed by atoms with Crippen molar-refractivity contribution in [3.8, 4) is 5.75 Å². The van der Waals surface area contributed by atoms with E-state index >= 15 is 0 Å². The summed E-state index contributed by atoms with van der Waals surface area (Å²) in [6.07, 6.45) is 1.15. The summed E-state index contributed by atoms with van der Waals surface area (Å²) in [5.41, 5.74) is 1.31. The Morgan fingerprint density at radius 2 is 2.00 bits per heavy atom. The standard InChI is InChI=1S/C17H30N2O/c1-7-11-18-14(2)15-9-8-10-16(12-15)20-13-17(3,4)19(5)6/h8-10,12,14,18H,7,11,13H2,1-6H3. The summed E-state index contributed by atoms with van der Waals surface area (Å²) in [6, 6.07) is 8.75. The van der Waals surface area contributed by atoms with Crippen molar-refractivity contribution < 1.29 is 4.74 Å². The van der Waals surface area contributed by atoms with Gasteiger partial charge in [0.15, 0.2) is 0 Å². The van der Waals surface area contributed by atoms with Crippen LogP contribution in [0.2, 0.25) is 0 Å². The van der Waals surface area contributed by atoms with E-state index in [4.69, 9.17) is 4.74 Å². The van der Waals surface area contributed by atoms with Crippen LogP contribution in [-0.2, 0) is 0 Å². The van der Waals surface area contributed by atoms with E-state index in [1.807, 2.05) is 6.07 Å². The van der Waals surface area contributed by atoms with Gasteiger partial charge in [0.2, 0.25) is 0 Å². The molecule has 0 aromatic heterocycles. The molecule has 0 bridgehead atoms. The largest absolute Gasteiger partial charge is 0.492 e. The second kappa shape index (κ2) is 7.65. The fourth-order valence-corrected chi connectivity index (χ4v) is 1.74. The van der Waals surface area contributed by atoms with E-state index in [1.165, 1.54) is 5.56 Å². The number of likely N-dealkylation sites (N-methyl/N-ethyl adjacent to an activating group) is 1. The Kier molecular flexibility index (Phi) is 6.50. The molecular formula is C17H30N2O. The molecule has 1 rings (SSSR count). The fraction of sp³-hybridized carbons (Fsp3) is 0.647. The van der Waals surface area contributed by atoms with E-state index in [2.05, 4.69) is 70.2 Å². The van der Waals surface area contributed by atoms with Crippen LogP contribution in [-0.4, -0.2) is 37.7 Å². The van der Waals surface area contributed by atoms with Crippen LogP contribution in [0.15, 0.2) is 24.3 Å². The quantitative estimate of drug-likeness (QED) is 0.788. The number of rotatable bonds is 8. The van der Waals surface area contributed by atoms with Crippen molar-refractivity contribution in [2.24, 2.45) is 0 Å². The molecule has 0 aliphatic heterocycles. The van der Waals surface area contributed by atoms with Gasteiger partial charge in [0.1, 0.15) is 12.4 Å².